The molecule has 0 radical (unpaired) electrons. The van der Waals surface area contributed by atoms with Crippen LogP contribution < -0.4 is 0 Å². The van der Waals surface area contributed by atoms with Crippen molar-refractivity contribution in [3.05, 3.63) is 12.2 Å². The van der Waals surface area contributed by atoms with E-state index in [4.69, 9.17) is 4.55 Å². The van der Waals surface area contributed by atoms with Gasteiger partial charge < -0.3 is 0 Å². The average Bonchev–Trinajstić information content (AvgIpc) is 2.50. The van der Waals surface area contributed by atoms with Gasteiger partial charge >= 0.3 is 39.7 Å². The third kappa shape index (κ3) is 18.7. The first-order valence-corrected chi connectivity index (χ1v) is 10.6. The summed E-state index contributed by atoms with van der Waals surface area (Å²) in [7, 11) is -4.47. The van der Waals surface area contributed by atoms with Gasteiger partial charge in [-0.05, 0) is 32.1 Å². The van der Waals surface area contributed by atoms with Crippen LogP contribution in [0.25, 0.3) is 0 Å². The minimum absolute atomic E-state index is 0. The van der Waals surface area contributed by atoms with Gasteiger partial charge in [-0.2, -0.15) is 8.42 Å². The van der Waals surface area contributed by atoms with Crippen LogP contribution in [0.1, 0.15) is 96.8 Å². The predicted molar refractivity (Wildman–Crippen MR) is 103 cm³/mol. The number of unbranched alkanes of at least 4 members (excludes halogenated alkanes) is 11. The molecule has 0 saturated carbocycles. The summed E-state index contributed by atoms with van der Waals surface area (Å²) in [4.78, 5) is 11.0. The molecule has 0 heterocycles. The van der Waals surface area contributed by atoms with E-state index in [1.54, 1.807) is 0 Å². The SMILES string of the molecule is CCCCCCCCC=CCCCCCCCC(=O)S(=O)(=O)O.[NaH]. The van der Waals surface area contributed by atoms with Crippen LogP contribution in [0.15, 0.2) is 12.2 Å². The van der Waals surface area contributed by atoms with Crippen LogP contribution in [0.2, 0.25) is 0 Å². The number of hydrogen-bond donors (Lipinski definition) is 1. The van der Waals surface area contributed by atoms with Gasteiger partial charge in [-0.3, -0.25) is 9.35 Å². The van der Waals surface area contributed by atoms with Gasteiger partial charge in [-0.25, -0.2) is 0 Å². The Morgan fingerprint density at radius 1 is 0.792 bits per heavy atom. The maximum absolute atomic E-state index is 11.0. The van der Waals surface area contributed by atoms with E-state index in [0.717, 1.165) is 32.1 Å². The third-order valence-electron chi connectivity index (χ3n) is 3.93. The molecule has 0 aliphatic rings. The van der Waals surface area contributed by atoms with E-state index in [1.165, 1.54) is 44.9 Å². The van der Waals surface area contributed by atoms with Crippen molar-refractivity contribution in [2.75, 3.05) is 0 Å². The Balaban J connectivity index is 0. The Morgan fingerprint density at radius 3 is 1.67 bits per heavy atom. The van der Waals surface area contributed by atoms with Crippen molar-refractivity contribution < 1.29 is 17.8 Å². The van der Waals surface area contributed by atoms with Crippen molar-refractivity contribution in [3.63, 3.8) is 0 Å². The van der Waals surface area contributed by atoms with Gasteiger partial charge in [-0.15, -0.1) is 0 Å². The molecule has 0 aliphatic heterocycles. The zero-order valence-corrected chi connectivity index (χ0v) is 15.5. The standard InChI is InChI=1S/C18H34O4S.Na.H/c1-2-3-4-5-6-7-8-9-10-11-12-13-14-15-16-17-18(19)23(20,21)22;;/h9-10H,2-8,11-17H2,1H3,(H,20,21,22);;. The van der Waals surface area contributed by atoms with E-state index < -0.39 is 15.2 Å². The molecule has 0 rings (SSSR count). The van der Waals surface area contributed by atoms with Gasteiger partial charge in [0.15, 0.2) is 0 Å². The van der Waals surface area contributed by atoms with Gasteiger partial charge in [0, 0.05) is 6.42 Å². The minimum atomic E-state index is -4.47. The zero-order valence-electron chi connectivity index (χ0n) is 14.6. The molecular weight excluding hydrogens is 335 g/mol. The first-order chi connectivity index (χ1) is 11.0. The first kappa shape index (κ1) is 26.5. The summed E-state index contributed by atoms with van der Waals surface area (Å²) in [5.74, 6) is 0. The average molecular weight is 371 g/mol. The van der Waals surface area contributed by atoms with Gasteiger partial charge in [0.25, 0.3) is 5.12 Å². The summed E-state index contributed by atoms with van der Waals surface area (Å²) >= 11 is 0. The molecule has 0 bridgehead atoms. The molecule has 0 aromatic carbocycles. The summed E-state index contributed by atoms with van der Waals surface area (Å²) in [5.41, 5.74) is 0. The number of allylic oxidation sites excluding steroid dienone is 2. The molecule has 1 N–H and O–H groups in total. The molecule has 0 aromatic heterocycles. The fraction of sp³-hybridized carbons (Fsp3) is 0.833. The summed E-state index contributed by atoms with van der Waals surface area (Å²) in [6.45, 7) is 2.24. The van der Waals surface area contributed by atoms with Crippen LogP contribution in [0.4, 0.5) is 0 Å². The fourth-order valence-electron chi connectivity index (χ4n) is 2.47. The quantitative estimate of drug-likeness (QED) is 0.195. The topological polar surface area (TPSA) is 71.4 Å². The van der Waals surface area contributed by atoms with E-state index in [9.17, 15) is 13.2 Å². The first-order valence-electron chi connectivity index (χ1n) is 9.13. The van der Waals surface area contributed by atoms with Crippen molar-refractivity contribution in [1.29, 1.82) is 0 Å². The number of hydrogen-bond acceptors (Lipinski definition) is 3. The van der Waals surface area contributed by atoms with Crippen LogP contribution in [0.5, 0.6) is 0 Å². The second kappa shape index (κ2) is 18.1. The van der Waals surface area contributed by atoms with Crippen molar-refractivity contribution in [3.8, 4) is 0 Å². The fourth-order valence-corrected chi connectivity index (χ4v) is 2.87. The molecule has 0 amide bonds. The third-order valence-corrected chi connectivity index (χ3v) is 4.71. The van der Waals surface area contributed by atoms with Gasteiger partial charge in [0.05, 0.1) is 0 Å². The monoisotopic (exact) mass is 370 g/mol. The Kier molecular flexibility index (Phi) is 20.0. The van der Waals surface area contributed by atoms with E-state index in [1.807, 2.05) is 0 Å². The molecule has 138 valence electrons. The van der Waals surface area contributed by atoms with Crippen LogP contribution >= 0.6 is 0 Å². The van der Waals surface area contributed by atoms with Gasteiger partial charge in [0.1, 0.15) is 0 Å². The molecule has 24 heavy (non-hydrogen) atoms. The van der Waals surface area contributed by atoms with E-state index >= 15 is 0 Å². The van der Waals surface area contributed by atoms with Gasteiger partial charge in [-0.1, -0.05) is 70.4 Å². The normalized spacial score (nSPS) is 11.6. The van der Waals surface area contributed by atoms with E-state index in [2.05, 4.69) is 19.1 Å². The second-order valence-corrected chi connectivity index (χ2v) is 7.59. The molecule has 0 spiro atoms. The number of carbonyl (C=O) groups excluding carboxylic acids is 1. The van der Waals surface area contributed by atoms with Crippen LogP contribution in [-0.2, 0) is 14.9 Å². The number of rotatable bonds is 15. The van der Waals surface area contributed by atoms with Crippen LogP contribution in [0, 0.1) is 0 Å². The predicted octanol–water partition coefficient (Wildman–Crippen LogP) is 4.79. The Labute approximate surface area is 170 Å². The van der Waals surface area contributed by atoms with Crippen molar-refractivity contribution in [1.82, 2.24) is 0 Å². The molecule has 0 atom stereocenters. The molecule has 0 unspecified atom stereocenters. The van der Waals surface area contributed by atoms with Crippen LogP contribution in [0.3, 0.4) is 0 Å². The molecule has 0 fully saturated rings. The summed E-state index contributed by atoms with van der Waals surface area (Å²) < 4.78 is 29.5. The summed E-state index contributed by atoms with van der Waals surface area (Å²) in [6, 6.07) is 0. The Morgan fingerprint density at radius 2 is 1.21 bits per heavy atom. The Bertz CT molecular complexity index is 419. The Hall–Kier alpha value is 0.320. The van der Waals surface area contributed by atoms with Gasteiger partial charge in [0.2, 0.25) is 0 Å². The van der Waals surface area contributed by atoms with Crippen LogP contribution in [-0.4, -0.2) is 47.6 Å². The van der Waals surface area contributed by atoms with Crippen molar-refractivity contribution >= 4 is 44.8 Å². The molecule has 4 nitrogen and oxygen atoms in total. The molecule has 0 aliphatic carbocycles. The van der Waals surface area contributed by atoms with Crippen molar-refractivity contribution in [2.45, 2.75) is 96.8 Å². The summed E-state index contributed by atoms with van der Waals surface area (Å²) in [6.07, 6.45) is 19.4. The van der Waals surface area contributed by atoms with E-state index in [-0.39, 0.29) is 36.0 Å². The molecular formula is C18H35NaO4S. The number of carbonyl (C=O) groups is 1. The second-order valence-electron chi connectivity index (χ2n) is 6.18. The van der Waals surface area contributed by atoms with E-state index in [0.29, 0.717) is 6.42 Å². The van der Waals surface area contributed by atoms with Crippen molar-refractivity contribution in [2.24, 2.45) is 0 Å². The molecule has 0 saturated heterocycles. The molecule has 6 heteroatoms. The zero-order chi connectivity index (χ0) is 17.4. The maximum atomic E-state index is 11.0. The molecule has 0 aromatic rings. The summed E-state index contributed by atoms with van der Waals surface area (Å²) in [5, 5.41) is -1.06.